The molecule has 5 rings (SSSR count). The number of hydrogen-bond acceptors (Lipinski definition) is 9. The quantitative estimate of drug-likeness (QED) is 0.380. The van der Waals surface area contributed by atoms with Crippen LogP contribution in [0.1, 0.15) is 11.1 Å². The summed E-state index contributed by atoms with van der Waals surface area (Å²) in [6.45, 7) is 4.94. The summed E-state index contributed by atoms with van der Waals surface area (Å²) in [6.07, 6.45) is 3.53. The van der Waals surface area contributed by atoms with Crippen molar-refractivity contribution in [2.75, 3.05) is 36.6 Å². The fourth-order valence-electron chi connectivity index (χ4n) is 3.36. The number of benzene rings is 1. The fourth-order valence-corrected chi connectivity index (χ4v) is 4.36. The Kier molecular flexibility index (Phi) is 5.51. The average molecular weight is 432 g/mol. The summed E-state index contributed by atoms with van der Waals surface area (Å²) >= 11 is 1.55. The van der Waals surface area contributed by atoms with E-state index < -0.39 is 0 Å². The normalized spacial score (nSPS) is 14.4. The van der Waals surface area contributed by atoms with Crippen LogP contribution >= 0.6 is 11.3 Å². The van der Waals surface area contributed by atoms with Crippen LogP contribution in [0.4, 0.5) is 11.8 Å². The van der Waals surface area contributed by atoms with Crippen LogP contribution in [0.5, 0.6) is 0 Å². The molecule has 1 fully saturated rings. The van der Waals surface area contributed by atoms with E-state index in [0.29, 0.717) is 24.8 Å². The summed E-state index contributed by atoms with van der Waals surface area (Å²) in [4.78, 5) is 20.7. The van der Waals surface area contributed by atoms with Crippen LogP contribution in [0.3, 0.4) is 0 Å². The van der Waals surface area contributed by atoms with Crippen molar-refractivity contribution in [3.8, 4) is 10.7 Å². The first-order chi connectivity index (χ1) is 15.3. The van der Waals surface area contributed by atoms with Gasteiger partial charge in [-0.05, 0) is 24.6 Å². The Bertz CT molecular complexity index is 1220. The molecule has 0 radical (unpaired) electrons. The lowest BCUT2D eigenvalue weighted by Crippen LogP contribution is -2.36. The van der Waals surface area contributed by atoms with Crippen molar-refractivity contribution in [1.29, 1.82) is 0 Å². The first-order valence-corrected chi connectivity index (χ1v) is 10.9. The number of morpholine rings is 1. The predicted octanol–water partition coefficient (Wildman–Crippen LogP) is 3.74. The molecule has 0 amide bonds. The van der Waals surface area contributed by atoms with E-state index in [1.165, 1.54) is 5.56 Å². The third-order valence-corrected chi connectivity index (χ3v) is 5.91. The smallest absolute Gasteiger partial charge is 0.247 e. The molecule has 1 aromatic carbocycles. The molecule has 8 nitrogen and oxygen atoms in total. The van der Waals surface area contributed by atoms with Crippen LogP contribution in [-0.2, 0) is 4.74 Å². The van der Waals surface area contributed by atoms with Gasteiger partial charge < -0.3 is 9.64 Å². The molecule has 1 aliphatic rings. The zero-order chi connectivity index (χ0) is 21.0. The molecule has 0 bridgehead atoms. The van der Waals surface area contributed by atoms with Crippen LogP contribution in [-0.4, -0.2) is 52.5 Å². The lowest BCUT2D eigenvalue weighted by Gasteiger charge is -2.28. The van der Waals surface area contributed by atoms with Gasteiger partial charge in [0.1, 0.15) is 9.71 Å². The van der Waals surface area contributed by atoms with Crippen LogP contribution in [0.15, 0.2) is 53.8 Å². The standard InChI is InChI=1S/C22H21N7OS/c1-15-5-4-6-16(13-15)14-24-28-22-26-19-18(20(27-22)29-9-11-30-12-10-29)31-21(25-19)17-7-2-3-8-23-17/h2-8,13-14H,9-12H2,1H3,(H,26,27,28)/b24-14+. The first-order valence-electron chi connectivity index (χ1n) is 10.0. The minimum absolute atomic E-state index is 0.413. The third kappa shape index (κ3) is 4.37. The molecular weight excluding hydrogens is 410 g/mol. The van der Waals surface area contributed by atoms with Crippen molar-refractivity contribution in [1.82, 2.24) is 19.9 Å². The second kappa shape index (κ2) is 8.75. The van der Waals surface area contributed by atoms with E-state index in [9.17, 15) is 0 Å². The number of nitrogens with zero attached hydrogens (tertiary/aromatic N) is 6. The minimum Gasteiger partial charge on any atom is -0.378 e. The Balaban J connectivity index is 1.50. The minimum atomic E-state index is 0.413. The van der Waals surface area contributed by atoms with Crippen molar-refractivity contribution in [2.45, 2.75) is 6.92 Å². The molecule has 0 unspecified atom stereocenters. The zero-order valence-electron chi connectivity index (χ0n) is 17.0. The van der Waals surface area contributed by atoms with Gasteiger partial charge in [-0.2, -0.15) is 15.1 Å². The number of aryl methyl sites for hydroxylation is 1. The molecule has 4 heterocycles. The van der Waals surface area contributed by atoms with E-state index in [4.69, 9.17) is 14.7 Å². The van der Waals surface area contributed by atoms with E-state index in [1.807, 2.05) is 30.3 Å². The summed E-state index contributed by atoms with van der Waals surface area (Å²) in [5.41, 5.74) is 6.62. The van der Waals surface area contributed by atoms with Gasteiger partial charge in [0.25, 0.3) is 0 Å². The summed E-state index contributed by atoms with van der Waals surface area (Å²) in [5.74, 6) is 1.26. The van der Waals surface area contributed by atoms with Crippen LogP contribution in [0.25, 0.3) is 21.0 Å². The van der Waals surface area contributed by atoms with E-state index in [2.05, 4.69) is 44.5 Å². The predicted molar refractivity (Wildman–Crippen MR) is 124 cm³/mol. The maximum atomic E-state index is 5.52. The largest absolute Gasteiger partial charge is 0.378 e. The number of hydrazone groups is 1. The van der Waals surface area contributed by atoms with Gasteiger partial charge >= 0.3 is 0 Å². The van der Waals surface area contributed by atoms with E-state index in [1.54, 1.807) is 23.7 Å². The fraction of sp³-hybridized carbons (Fsp3) is 0.227. The first kappa shape index (κ1) is 19.5. The topological polar surface area (TPSA) is 88.4 Å². The van der Waals surface area contributed by atoms with Crippen molar-refractivity contribution in [3.63, 3.8) is 0 Å². The molecule has 0 spiro atoms. The second-order valence-electron chi connectivity index (χ2n) is 7.14. The highest BCUT2D eigenvalue weighted by Crippen LogP contribution is 2.35. The van der Waals surface area contributed by atoms with Crippen molar-refractivity contribution in [3.05, 3.63) is 59.8 Å². The lowest BCUT2D eigenvalue weighted by atomic mass is 10.2. The number of rotatable bonds is 5. The number of hydrogen-bond donors (Lipinski definition) is 1. The van der Waals surface area contributed by atoms with Gasteiger partial charge in [0.15, 0.2) is 11.5 Å². The summed E-state index contributed by atoms with van der Waals surface area (Å²) in [5, 5.41) is 5.15. The number of fused-ring (bicyclic) bond motifs is 1. The Morgan fingerprint density at radius 1 is 1.10 bits per heavy atom. The zero-order valence-corrected chi connectivity index (χ0v) is 17.8. The van der Waals surface area contributed by atoms with Gasteiger partial charge in [0, 0.05) is 19.3 Å². The van der Waals surface area contributed by atoms with Gasteiger partial charge in [-0.15, -0.1) is 11.3 Å². The number of anilines is 2. The third-order valence-electron chi connectivity index (χ3n) is 4.85. The van der Waals surface area contributed by atoms with Gasteiger partial charge in [-0.1, -0.05) is 35.9 Å². The maximum absolute atomic E-state index is 5.52. The molecule has 9 heteroatoms. The Morgan fingerprint density at radius 3 is 2.81 bits per heavy atom. The van der Waals surface area contributed by atoms with E-state index in [0.717, 1.165) is 39.9 Å². The highest BCUT2D eigenvalue weighted by molar-refractivity contribution is 7.22. The van der Waals surface area contributed by atoms with Gasteiger partial charge in [0.05, 0.1) is 25.1 Å². The highest BCUT2D eigenvalue weighted by Gasteiger charge is 2.21. The monoisotopic (exact) mass is 431 g/mol. The maximum Gasteiger partial charge on any atom is 0.247 e. The van der Waals surface area contributed by atoms with Gasteiger partial charge in [0.2, 0.25) is 5.95 Å². The van der Waals surface area contributed by atoms with Gasteiger partial charge in [-0.3, -0.25) is 4.98 Å². The van der Waals surface area contributed by atoms with Crippen molar-refractivity contribution < 1.29 is 4.74 Å². The number of aromatic nitrogens is 4. The molecule has 0 saturated carbocycles. The SMILES string of the molecule is Cc1cccc(/C=N/Nc2nc(N3CCOCC3)c3sc(-c4ccccn4)nc3n2)c1. The van der Waals surface area contributed by atoms with Crippen LogP contribution < -0.4 is 10.3 Å². The number of nitrogens with one attached hydrogen (secondary N) is 1. The summed E-state index contributed by atoms with van der Waals surface area (Å²) < 4.78 is 6.46. The second-order valence-corrected chi connectivity index (χ2v) is 8.14. The Hall–Kier alpha value is -3.43. The Morgan fingerprint density at radius 2 is 2.00 bits per heavy atom. The molecule has 31 heavy (non-hydrogen) atoms. The molecule has 4 aromatic rings. The van der Waals surface area contributed by atoms with Crippen LogP contribution in [0.2, 0.25) is 0 Å². The van der Waals surface area contributed by atoms with Gasteiger partial charge in [-0.25, -0.2) is 10.4 Å². The number of pyridine rings is 1. The molecule has 0 aliphatic carbocycles. The lowest BCUT2D eigenvalue weighted by molar-refractivity contribution is 0.122. The molecular formula is C22H21N7OS. The number of ether oxygens (including phenoxy) is 1. The highest BCUT2D eigenvalue weighted by atomic mass is 32.1. The molecule has 0 atom stereocenters. The van der Waals surface area contributed by atoms with Crippen molar-refractivity contribution >= 4 is 39.7 Å². The molecule has 1 aliphatic heterocycles. The summed E-state index contributed by atoms with van der Waals surface area (Å²) in [7, 11) is 0. The summed E-state index contributed by atoms with van der Waals surface area (Å²) in [6, 6.07) is 13.9. The van der Waals surface area contributed by atoms with Crippen LogP contribution in [0, 0.1) is 6.92 Å². The van der Waals surface area contributed by atoms with E-state index in [-0.39, 0.29) is 0 Å². The van der Waals surface area contributed by atoms with E-state index >= 15 is 0 Å². The molecule has 156 valence electrons. The van der Waals surface area contributed by atoms with Crippen molar-refractivity contribution in [2.24, 2.45) is 5.10 Å². The molecule has 1 N–H and O–H groups in total. The Labute approximate surface area is 183 Å². The molecule has 1 saturated heterocycles. The number of thiazole rings is 1. The molecule has 3 aromatic heterocycles. The average Bonchev–Trinajstić information content (AvgIpc) is 3.24.